The Hall–Kier alpha value is -3.52. The second kappa shape index (κ2) is 12.1. The summed E-state index contributed by atoms with van der Waals surface area (Å²) in [7, 11) is 0. The predicted octanol–water partition coefficient (Wildman–Crippen LogP) is 7.09. The van der Waals surface area contributed by atoms with Gasteiger partial charge < -0.3 is 19.5 Å². The number of nitrogens with zero attached hydrogens (tertiary/aromatic N) is 3. The van der Waals surface area contributed by atoms with Crippen LogP contribution in [0.5, 0.6) is 5.75 Å². The van der Waals surface area contributed by atoms with Crippen molar-refractivity contribution in [2.24, 2.45) is 5.41 Å². The monoisotopic (exact) mass is 563 g/mol. The van der Waals surface area contributed by atoms with Gasteiger partial charge in [-0.25, -0.2) is 9.18 Å². The maximum atomic E-state index is 13.6. The van der Waals surface area contributed by atoms with Crippen molar-refractivity contribution in [1.82, 2.24) is 9.97 Å². The lowest BCUT2D eigenvalue weighted by Gasteiger charge is -2.40. The van der Waals surface area contributed by atoms with E-state index in [9.17, 15) is 14.3 Å². The Morgan fingerprint density at radius 1 is 1.10 bits per heavy atom. The molecule has 1 fully saturated rings. The molecule has 1 saturated heterocycles. The fourth-order valence-corrected chi connectivity index (χ4v) is 5.19. The van der Waals surface area contributed by atoms with Gasteiger partial charge in [0.1, 0.15) is 11.6 Å². The van der Waals surface area contributed by atoms with Gasteiger partial charge in [-0.1, -0.05) is 19.9 Å². The lowest BCUT2D eigenvalue weighted by molar-refractivity contribution is -0.160. The topological polar surface area (TPSA) is 84.8 Å². The summed E-state index contributed by atoms with van der Waals surface area (Å²) in [6.45, 7) is 15.9. The Bertz CT molecular complexity index is 1370. The second-order valence-electron chi connectivity index (χ2n) is 12.7. The average Bonchev–Trinajstić information content (AvgIpc) is 2.89. The maximum absolute atomic E-state index is 13.6. The van der Waals surface area contributed by atoms with E-state index in [1.54, 1.807) is 24.5 Å². The molecule has 1 aliphatic rings. The summed E-state index contributed by atoms with van der Waals surface area (Å²) in [6.07, 6.45) is 4.81. The van der Waals surface area contributed by atoms with Crippen LogP contribution in [0.4, 0.5) is 10.1 Å². The van der Waals surface area contributed by atoms with Gasteiger partial charge >= 0.3 is 5.97 Å². The molecule has 4 rings (SSSR count). The number of carboxylic acid groups (broad SMARTS) is 1. The molecule has 2 aromatic heterocycles. The van der Waals surface area contributed by atoms with Gasteiger partial charge in [-0.15, -0.1) is 0 Å². The Morgan fingerprint density at radius 3 is 2.41 bits per heavy atom. The molecule has 0 aliphatic carbocycles. The molecule has 41 heavy (non-hydrogen) atoms. The number of hydrogen-bond donors (Lipinski definition) is 1. The Labute approximate surface area is 242 Å². The number of aliphatic carboxylic acids is 1. The normalized spacial score (nSPS) is 16.0. The van der Waals surface area contributed by atoms with Crippen LogP contribution in [0, 0.1) is 25.1 Å². The van der Waals surface area contributed by atoms with Gasteiger partial charge in [-0.3, -0.25) is 9.97 Å². The van der Waals surface area contributed by atoms with Gasteiger partial charge in [-0.05, 0) is 88.3 Å². The Kier molecular flexibility index (Phi) is 9.02. The molecule has 0 radical (unpaired) electrons. The van der Waals surface area contributed by atoms with Gasteiger partial charge in [0.05, 0.1) is 29.8 Å². The number of aryl methyl sites for hydroxylation is 2. The number of halogens is 1. The molecule has 0 saturated carbocycles. The third-order valence-electron chi connectivity index (χ3n) is 7.64. The van der Waals surface area contributed by atoms with Crippen LogP contribution in [0.15, 0.2) is 42.7 Å². The molecular weight excluding hydrogens is 521 g/mol. The molecule has 7 nitrogen and oxygen atoms in total. The number of ether oxygens (including phenoxy) is 2. The zero-order valence-electron chi connectivity index (χ0n) is 25.3. The number of piperidine rings is 1. The Morgan fingerprint density at radius 2 is 1.80 bits per heavy atom. The minimum Gasteiger partial charge on any atom is -0.492 e. The standard InChI is InChI=1S/C33H42FN3O4/c1-21-8-9-24(34)18-23(21)12-17-40-25-10-11-27(36-19-25)26-20-35-22(2)28(30(31(38)39)41-32(3,4)5)29(26)37-15-13-33(6,7)14-16-37/h8-11,18-20,30H,12-17H2,1-7H3,(H,38,39)/t30-/m0/s1. The SMILES string of the molecule is Cc1ccc(F)cc1CCOc1ccc(-c2cnc(C)c([C@H](OC(C)(C)C)C(=O)O)c2N2CCC(C)(C)CC2)nc1. The number of hydrogen-bond acceptors (Lipinski definition) is 6. The van der Waals surface area contributed by atoms with Crippen LogP contribution < -0.4 is 9.64 Å². The summed E-state index contributed by atoms with van der Waals surface area (Å²) in [6, 6.07) is 8.49. The van der Waals surface area contributed by atoms with Crippen molar-refractivity contribution in [2.75, 3.05) is 24.6 Å². The van der Waals surface area contributed by atoms with E-state index in [0.717, 1.165) is 48.3 Å². The van der Waals surface area contributed by atoms with Crippen molar-refractivity contribution in [3.05, 3.63) is 70.9 Å². The van der Waals surface area contributed by atoms with E-state index in [2.05, 4.69) is 23.7 Å². The molecule has 1 aliphatic heterocycles. The molecule has 1 aromatic carbocycles. The van der Waals surface area contributed by atoms with Gasteiger partial charge in [0, 0.05) is 42.5 Å². The quantitative estimate of drug-likeness (QED) is 0.298. The van der Waals surface area contributed by atoms with Crippen LogP contribution in [-0.4, -0.2) is 46.3 Å². The summed E-state index contributed by atoms with van der Waals surface area (Å²) in [4.78, 5) is 24.2. The van der Waals surface area contributed by atoms with E-state index in [-0.39, 0.29) is 11.2 Å². The molecule has 220 valence electrons. The molecule has 0 spiro atoms. The van der Waals surface area contributed by atoms with E-state index in [1.807, 2.05) is 46.8 Å². The maximum Gasteiger partial charge on any atom is 0.337 e. The van der Waals surface area contributed by atoms with E-state index in [4.69, 9.17) is 14.5 Å². The highest BCUT2D eigenvalue weighted by Gasteiger charge is 2.36. The van der Waals surface area contributed by atoms with Gasteiger partial charge in [0.25, 0.3) is 0 Å². The number of carboxylic acids is 1. The van der Waals surface area contributed by atoms with Crippen molar-refractivity contribution < 1.29 is 23.8 Å². The lowest BCUT2D eigenvalue weighted by Crippen LogP contribution is -2.39. The van der Waals surface area contributed by atoms with E-state index in [0.29, 0.717) is 35.7 Å². The highest BCUT2D eigenvalue weighted by molar-refractivity contribution is 5.85. The molecule has 1 atom stereocenters. The highest BCUT2D eigenvalue weighted by atomic mass is 19.1. The number of benzene rings is 1. The van der Waals surface area contributed by atoms with Crippen LogP contribution >= 0.6 is 0 Å². The molecular formula is C33H42FN3O4. The molecule has 0 bridgehead atoms. The fourth-order valence-electron chi connectivity index (χ4n) is 5.19. The van der Waals surface area contributed by atoms with Crippen LogP contribution in [0.25, 0.3) is 11.3 Å². The molecule has 0 amide bonds. The first-order valence-corrected chi connectivity index (χ1v) is 14.2. The largest absolute Gasteiger partial charge is 0.492 e. The minimum atomic E-state index is -1.18. The number of anilines is 1. The number of carbonyl (C=O) groups is 1. The number of aromatic nitrogens is 2. The molecule has 1 N–H and O–H groups in total. The highest BCUT2D eigenvalue weighted by Crippen LogP contribution is 2.43. The Balaban J connectivity index is 1.67. The van der Waals surface area contributed by atoms with Gasteiger partial charge in [-0.2, -0.15) is 0 Å². The lowest BCUT2D eigenvalue weighted by atomic mass is 9.82. The first-order chi connectivity index (χ1) is 19.2. The van der Waals surface area contributed by atoms with E-state index < -0.39 is 17.7 Å². The van der Waals surface area contributed by atoms with Crippen molar-refractivity contribution >= 4 is 11.7 Å². The third-order valence-corrected chi connectivity index (χ3v) is 7.64. The van der Waals surface area contributed by atoms with Gasteiger partial charge in [0.15, 0.2) is 6.10 Å². The van der Waals surface area contributed by atoms with E-state index >= 15 is 0 Å². The summed E-state index contributed by atoms with van der Waals surface area (Å²) >= 11 is 0. The molecule has 0 unspecified atom stereocenters. The molecule has 3 heterocycles. The number of pyridine rings is 2. The van der Waals surface area contributed by atoms with Crippen molar-refractivity contribution in [1.29, 1.82) is 0 Å². The van der Waals surface area contributed by atoms with Crippen molar-refractivity contribution in [3.63, 3.8) is 0 Å². The molecule has 3 aromatic rings. The summed E-state index contributed by atoms with van der Waals surface area (Å²) in [5.74, 6) is -0.705. The average molecular weight is 564 g/mol. The molecule has 8 heteroatoms. The van der Waals surface area contributed by atoms with Crippen molar-refractivity contribution in [2.45, 2.75) is 79.4 Å². The van der Waals surface area contributed by atoms with Crippen LogP contribution in [0.3, 0.4) is 0 Å². The van der Waals surface area contributed by atoms with Crippen LogP contribution in [-0.2, 0) is 16.0 Å². The van der Waals surface area contributed by atoms with Crippen LogP contribution in [0.2, 0.25) is 0 Å². The summed E-state index contributed by atoms with van der Waals surface area (Å²) in [5.41, 5.74) is 4.91. The smallest absolute Gasteiger partial charge is 0.337 e. The number of rotatable bonds is 9. The third kappa shape index (κ3) is 7.61. The van der Waals surface area contributed by atoms with Crippen molar-refractivity contribution in [3.8, 4) is 17.0 Å². The minimum absolute atomic E-state index is 0.217. The van der Waals surface area contributed by atoms with E-state index in [1.165, 1.54) is 6.07 Å². The summed E-state index contributed by atoms with van der Waals surface area (Å²) < 4.78 is 25.7. The predicted molar refractivity (Wildman–Crippen MR) is 159 cm³/mol. The first kappa shape index (κ1) is 30.4. The fraction of sp³-hybridized carbons (Fsp3) is 0.485. The first-order valence-electron chi connectivity index (χ1n) is 14.2. The zero-order chi connectivity index (χ0) is 29.9. The second-order valence-corrected chi connectivity index (χ2v) is 12.7. The van der Waals surface area contributed by atoms with Gasteiger partial charge in [0.2, 0.25) is 0 Å². The summed E-state index contributed by atoms with van der Waals surface area (Å²) in [5, 5.41) is 10.3. The van der Waals surface area contributed by atoms with Crippen LogP contribution in [0.1, 0.15) is 75.9 Å². The zero-order valence-corrected chi connectivity index (χ0v) is 25.3.